The predicted molar refractivity (Wildman–Crippen MR) is 87.7 cm³/mol. The van der Waals surface area contributed by atoms with Crippen molar-refractivity contribution in [3.05, 3.63) is 35.4 Å². The van der Waals surface area contributed by atoms with E-state index in [4.69, 9.17) is 4.74 Å². The Balaban J connectivity index is 2.06. The van der Waals surface area contributed by atoms with Gasteiger partial charge in [0.1, 0.15) is 0 Å². The average molecular weight is 290 g/mol. The van der Waals surface area contributed by atoms with E-state index >= 15 is 0 Å². The van der Waals surface area contributed by atoms with Gasteiger partial charge in [0.25, 0.3) is 0 Å². The molecule has 1 aromatic carbocycles. The third-order valence-corrected chi connectivity index (χ3v) is 4.74. The lowest BCUT2D eigenvalue weighted by Crippen LogP contribution is -2.43. The van der Waals surface area contributed by atoms with Gasteiger partial charge in [0, 0.05) is 13.0 Å². The highest BCUT2D eigenvalue weighted by atomic mass is 16.5. The first-order valence-electron chi connectivity index (χ1n) is 8.29. The van der Waals surface area contributed by atoms with Gasteiger partial charge in [-0.05, 0) is 36.3 Å². The summed E-state index contributed by atoms with van der Waals surface area (Å²) in [4.78, 5) is 0. The molecule has 1 saturated carbocycles. The lowest BCUT2D eigenvalue weighted by atomic mass is 9.85. The van der Waals surface area contributed by atoms with Crippen molar-refractivity contribution in [3.8, 4) is 0 Å². The van der Waals surface area contributed by atoms with Gasteiger partial charge < -0.3 is 9.84 Å². The third-order valence-electron chi connectivity index (χ3n) is 4.74. The van der Waals surface area contributed by atoms with E-state index in [2.05, 4.69) is 45.0 Å². The van der Waals surface area contributed by atoms with Gasteiger partial charge in [-0.25, -0.2) is 0 Å². The van der Waals surface area contributed by atoms with Crippen molar-refractivity contribution in [3.63, 3.8) is 0 Å². The Morgan fingerprint density at radius 1 is 1.14 bits per heavy atom. The van der Waals surface area contributed by atoms with Crippen molar-refractivity contribution in [2.75, 3.05) is 6.61 Å². The van der Waals surface area contributed by atoms with E-state index < -0.39 is 6.10 Å². The fourth-order valence-electron chi connectivity index (χ4n) is 3.38. The van der Waals surface area contributed by atoms with Crippen LogP contribution in [0.2, 0.25) is 0 Å². The molecule has 1 atom stereocenters. The Morgan fingerprint density at radius 3 is 2.19 bits per heavy atom. The molecular weight excluding hydrogens is 260 g/mol. The van der Waals surface area contributed by atoms with E-state index in [0.29, 0.717) is 13.0 Å². The number of benzene rings is 1. The summed E-state index contributed by atoms with van der Waals surface area (Å²) in [5.74, 6) is 0. The second-order valence-corrected chi connectivity index (χ2v) is 7.37. The topological polar surface area (TPSA) is 29.5 Å². The van der Waals surface area contributed by atoms with Gasteiger partial charge in [0.2, 0.25) is 0 Å². The van der Waals surface area contributed by atoms with Gasteiger partial charge in [-0.15, -0.1) is 0 Å². The average Bonchev–Trinajstić information content (AvgIpc) is 2.89. The lowest BCUT2D eigenvalue weighted by molar-refractivity contribution is -0.115. The van der Waals surface area contributed by atoms with Crippen LogP contribution in [0.1, 0.15) is 64.5 Å². The van der Waals surface area contributed by atoms with Crippen LogP contribution in [0.25, 0.3) is 0 Å². The van der Waals surface area contributed by atoms with Crippen LogP contribution in [0.5, 0.6) is 0 Å². The van der Waals surface area contributed by atoms with Crippen LogP contribution in [0.3, 0.4) is 0 Å². The summed E-state index contributed by atoms with van der Waals surface area (Å²) in [6, 6.07) is 8.67. The summed E-state index contributed by atoms with van der Waals surface area (Å²) in [7, 11) is 0. The summed E-state index contributed by atoms with van der Waals surface area (Å²) < 4.78 is 5.95. The highest BCUT2D eigenvalue weighted by Gasteiger charge is 2.41. The molecule has 1 unspecified atom stereocenters. The number of rotatable bonds is 5. The van der Waals surface area contributed by atoms with E-state index in [1.807, 2.05) is 6.92 Å². The van der Waals surface area contributed by atoms with Crippen LogP contribution >= 0.6 is 0 Å². The zero-order chi connectivity index (χ0) is 15.5. The number of aliphatic hydroxyl groups excluding tert-OH is 1. The molecule has 0 amide bonds. The van der Waals surface area contributed by atoms with E-state index in [9.17, 15) is 5.11 Å². The molecule has 1 N–H and O–H groups in total. The maximum absolute atomic E-state index is 10.7. The van der Waals surface area contributed by atoms with E-state index in [-0.39, 0.29) is 11.0 Å². The fraction of sp³-hybridized carbons (Fsp3) is 0.684. The molecular formula is C19H30O2. The number of hydrogen-bond donors (Lipinski definition) is 1. The molecule has 118 valence electrons. The molecule has 0 saturated heterocycles. The monoisotopic (exact) mass is 290 g/mol. The van der Waals surface area contributed by atoms with Crippen molar-refractivity contribution < 1.29 is 9.84 Å². The van der Waals surface area contributed by atoms with E-state index in [0.717, 1.165) is 12.8 Å². The van der Waals surface area contributed by atoms with E-state index in [1.165, 1.54) is 24.0 Å². The van der Waals surface area contributed by atoms with Crippen LogP contribution in [-0.2, 0) is 16.6 Å². The Labute approximate surface area is 129 Å². The molecule has 0 spiro atoms. The fourth-order valence-corrected chi connectivity index (χ4v) is 3.38. The zero-order valence-corrected chi connectivity index (χ0v) is 14.0. The highest BCUT2D eigenvalue weighted by molar-refractivity contribution is 5.28. The summed E-state index contributed by atoms with van der Waals surface area (Å²) in [6.45, 7) is 9.36. The second kappa shape index (κ2) is 6.50. The third kappa shape index (κ3) is 3.87. The van der Waals surface area contributed by atoms with Crippen LogP contribution in [-0.4, -0.2) is 23.4 Å². The molecule has 2 nitrogen and oxygen atoms in total. The Hall–Kier alpha value is -0.860. The van der Waals surface area contributed by atoms with Gasteiger partial charge in [-0.1, -0.05) is 57.9 Å². The van der Waals surface area contributed by atoms with Gasteiger partial charge in [0.05, 0.1) is 11.7 Å². The number of ether oxygens (including phenoxy) is 1. The first kappa shape index (κ1) is 16.5. The van der Waals surface area contributed by atoms with Crippen molar-refractivity contribution in [1.82, 2.24) is 0 Å². The number of aliphatic hydroxyl groups is 1. The standard InChI is InChI=1S/C19H30O2/c1-5-21-19(12-6-7-13-19)17(20)14-15-8-10-16(11-9-15)18(2,3)4/h8-11,17,20H,5-7,12-14H2,1-4H3. The summed E-state index contributed by atoms with van der Waals surface area (Å²) in [5.41, 5.74) is 2.40. The molecule has 0 aliphatic heterocycles. The molecule has 1 aromatic rings. The molecule has 1 aliphatic rings. The first-order chi connectivity index (χ1) is 9.87. The first-order valence-corrected chi connectivity index (χ1v) is 8.29. The number of hydrogen-bond acceptors (Lipinski definition) is 2. The maximum Gasteiger partial charge on any atom is 0.0943 e. The Bertz CT molecular complexity index is 436. The smallest absolute Gasteiger partial charge is 0.0943 e. The van der Waals surface area contributed by atoms with Crippen molar-refractivity contribution in [2.45, 2.75) is 76.9 Å². The van der Waals surface area contributed by atoms with E-state index in [1.54, 1.807) is 0 Å². The SMILES string of the molecule is CCOC1(C(O)Cc2ccc(C(C)(C)C)cc2)CCCC1. The minimum atomic E-state index is -0.402. The van der Waals surface area contributed by atoms with Gasteiger partial charge >= 0.3 is 0 Å². The molecule has 0 bridgehead atoms. The van der Waals surface area contributed by atoms with Gasteiger partial charge in [-0.3, -0.25) is 0 Å². The minimum absolute atomic E-state index is 0.176. The molecule has 0 aromatic heterocycles. The quantitative estimate of drug-likeness (QED) is 0.879. The minimum Gasteiger partial charge on any atom is -0.390 e. The van der Waals surface area contributed by atoms with Crippen LogP contribution in [0, 0.1) is 0 Å². The Morgan fingerprint density at radius 2 is 1.71 bits per heavy atom. The Kier molecular flexibility index (Phi) is 5.11. The largest absolute Gasteiger partial charge is 0.390 e. The van der Waals surface area contributed by atoms with Gasteiger partial charge in [-0.2, -0.15) is 0 Å². The summed E-state index contributed by atoms with van der Waals surface area (Å²) in [6.07, 6.45) is 4.59. The zero-order valence-electron chi connectivity index (χ0n) is 14.0. The van der Waals surface area contributed by atoms with Crippen LogP contribution in [0.4, 0.5) is 0 Å². The highest BCUT2D eigenvalue weighted by Crippen LogP contribution is 2.37. The van der Waals surface area contributed by atoms with Crippen LogP contribution < -0.4 is 0 Å². The van der Waals surface area contributed by atoms with Gasteiger partial charge in [0.15, 0.2) is 0 Å². The molecule has 2 rings (SSSR count). The summed E-state index contributed by atoms with van der Waals surface area (Å²) >= 11 is 0. The lowest BCUT2D eigenvalue weighted by Gasteiger charge is -2.34. The molecule has 0 radical (unpaired) electrons. The van der Waals surface area contributed by atoms with Crippen LogP contribution in [0.15, 0.2) is 24.3 Å². The normalized spacial score (nSPS) is 19.7. The molecule has 1 fully saturated rings. The van der Waals surface area contributed by atoms with Crippen molar-refractivity contribution in [1.29, 1.82) is 0 Å². The predicted octanol–water partition coefficient (Wildman–Crippen LogP) is 4.24. The summed E-state index contributed by atoms with van der Waals surface area (Å²) in [5, 5.41) is 10.7. The molecule has 1 aliphatic carbocycles. The second-order valence-electron chi connectivity index (χ2n) is 7.37. The van der Waals surface area contributed by atoms with Crippen molar-refractivity contribution in [2.24, 2.45) is 0 Å². The molecule has 2 heteroatoms. The molecule has 21 heavy (non-hydrogen) atoms. The molecule has 0 heterocycles. The maximum atomic E-state index is 10.7. The van der Waals surface area contributed by atoms with Crippen molar-refractivity contribution >= 4 is 0 Å².